The SMILES string of the molecule is COc1cc(CNC(=O)c2[nH]c(=O)c(CC(C)C)[n+]([O-])c2OC)cc(OC)c1O. The lowest BCUT2D eigenvalue weighted by molar-refractivity contribution is -0.622. The monoisotopic (exact) mass is 407 g/mol. The van der Waals surface area contributed by atoms with Crippen LogP contribution in [0.25, 0.3) is 0 Å². The van der Waals surface area contributed by atoms with Gasteiger partial charge in [-0.15, -0.1) is 4.73 Å². The molecule has 0 atom stereocenters. The van der Waals surface area contributed by atoms with Gasteiger partial charge in [-0.3, -0.25) is 9.59 Å². The van der Waals surface area contributed by atoms with Gasteiger partial charge in [0.15, 0.2) is 11.5 Å². The largest absolute Gasteiger partial charge is 0.616 e. The summed E-state index contributed by atoms with van der Waals surface area (Å²) in [4.78, 5) is 27.3. The number of amides is 1. The summed E-state index contributed by atoms with van der Waals surface area (Å²) >= 11 is 0. The minimum Gasteiger partial charge on any atom is -0.616 e. The minimum absolute atomic E-state index is 0.0175. The van der Waals surface area contributed by atoms with E-state index in [1.165, 1.54) is 33.5 Å². The second-order valence-electron chi connectivity index (χ2n) is 6.71. The number of methoxy groups -OCH3 is 3. The number of aromatic amines is 1. The fourth-order valence-corrected chi connectivity index (χ4v) is 2.78. The molecule has 1 heterocycles. The Bertz CT molecular complexity index is 929. The number of rotatable bonds is 8. The lowest BCUT2D eigenvalue weighted by Gasteiger charge is -2.13. The summed E-state index contributed by atoms with van der Waals surface area (Å²) in [6.07, 6.45) is 0.240. The van der Waals surface area contributed by atoms with E-state index >= 15 is 0 Å². The van der Waals surface area contributed by atoms with Gasteiger partial charge in [0.1, 0.15) is 0 Å². The van der Waals surface area contributed by atoms with Gasteiger partial charge in [0, 0.05) is 13.0 Å². The predicted molar refractivity (Wildman–Crippen MR) is 103 cm³/mol. The smallest absolute Gasteiger partial charge is 0.409 e. The quantitative estimate of drug-likeness (QED) is 0.436. The molecule has 1 amide bonds. The van der Waals surface area contributed by atoms with E-state index in [0.717, 1.165) is 0 Å². The van der Waals surface area contributed by atoms with Gasteiger partial charge in [-0.2, -0.15) is 0 Å². The molecule has 0 radical (unpaired) electrons. The maximum absolute atomic E-state index is 12.6. The third-order valence-corrected chi connectivity index (χ3v) is 4.16. The standard InChI is InChI=1S/C19H25N3O7/c1-10(2)6-12-17(24)21-15(19(29-5)22(12)26)18(25)20-9-11-7-13(27-3)16(23)14(8-11)28-4/h7-8,10,23H,6,9H2,1-5H3,(H,20,25)(H,21,24). The van der Waals surface area contributed by atoms with Crippen LogP contribution in [-0.2, 0) is 13.0 Å². The zero-order valence-electron chi connectivity index (χ0n) is 17.0. The summed E-state index contributed by atoms with van der Waals surface area (Å²) in [5.41, 5.74) is -0.385. The van der Waals surface area contributed by atoms with Crippen molar-refractivity contribution in [2.45, 2.75) is 26.8 Å². The molecule has 10 nitrogen and oxygen atoms in total. The highest BCUT2D eigenvalue weighted by Crippen LogP contribution is 2.37. The van der Waals surface area contributed by atoms with Crippen LogP contribution in [0.5, 0.6) is 23.1 Å². The zero-order valence-corrected chi connectivity index (χ0v) is 17.0. The van der Waals surface area contributed by atoms with Crippen LogP contribution in [0.3, 0.4) is 0 Å². The van der Waals surface area contributed by atoms with Gasteiger partial charge >= 0.3 is 11.4 Å². The van der Waals surface area contributed by atoms with Crippen molar-refractivity contribution in [3.05, 3.63) is 44.6 Å². The Morgan fingerprint density at radius 1 is 1.21 bits per heavy atom. The molecule has 0 fully saturated rings. The van der Waals surface area contributed by atoms with Crippen molar-refractivity contribution < 1.29 is 28.8 Å². The van der Waals surface area contributed by atoms with Crippen LogP contribution >= 0.6 is 0 Å². The van der Waals surface area contributed by atoms with Gasteiger partial charge in [0.2, 0.25) is 11.4 Å². The second kappa shape index (κ2) is 9.18. The summed E-state index contributed by atoms with van der Waals surface area (Å²) in [5, 5.41) is 25.0. The number of H-pyrrole nitrogens is 1. The van der Waals surface area contributed by atoms with E-state index in [2.05, 4.69) is 10.3 Å². The van der Waals surface area contributed by atoms with Gasteiger partial charge in [0.25, 0.3) is 11.6 Å². The lowest BCUT2D eigenvalue weighted by atomic mass is 10.1. The zero-order chi connectivity index (χ0) is 21.7. The molecule has 3 N–H and O–H groups in total. The van der Waals surface area contributed by atoms with Crippen molar-refractivity contribution >= 4 is 5.91 Å². The van der Waals surface area contributed by atoms with Gasteiger partial charge in [0.05, 0.1) is 21.3 Å². The third kappa shape index (κ3) is 4.71. The van der Waals surface area contributed by atoms with E-state index in [-0.39, 0.29) is 53.4 Å². The summed E-state index contributed by atoms with van der Waals surface area (Å²) in [5.74, 6) is -0.737. The van der Waals surface area contributed by atoms with E-state index in [1.54, 1.807) is 0 Å². The Balaban J connectivity index is 2.31. The second-order valence-corrected chi connectivity index (χ2v) is 6.71. The minimum atomic E-state index is -0.703. The molecule has 1 aromatic carbocycles. The Kier molecular flexibility index (Phi) is 6.92. The number of aromatic hydroxyl groups is 1. The van der Waals surface area contributed by atoms with Crippen molar-refractivity contribution in [1.82, 2.24) is 10.3 Å². The first kappa shape index (κ1) is 21.9. The first-order chi connectivity index (χ1) is 13.7. The van der Waals surface area contributed by atoms with Crippen molar-refractivity contribution in [3.8, 4) is 23.1 Å². The van der Waals surface area contributed by atoms with Crippen LogP contribution in [0.4, 0.5) is 0 Å². The van der Waals surface area contributed by atoms with E-state index < -0.39 is 11.5 Å². The van der Waals surface area contributed by atoms with Gasteiger partial charge in [-0.1, -0.05) is 13.8 Å². The molecule has 0 unspecified atom stereocenters. The molecule has 0 aliphatic carbocycles. The third-order valence-electron chi connectivity index (χ3n) is 4.16. The Hall–Kier alpha value is -3.43. The Morgan fingerprint density at radius 2 is 1.79 bits per heavy atom. The molecule has 0 aliphatic heterocycles. The van der Waals surface area contributed by atoms with E-state index in [1.807, 2.05) is 13.8 Å². The van der Waals surface area contributed by atoms with Crippen LogP contribution in [0.1, 0.15) is 35.6 Å². The maximum Gasteiger partial charge on any atom is 0.409 e. The van der Waals surface area contributed by atoms with Gasteiger partial charge < -0.3 is 34.8 Å². The molecule has 0 saturated heterocycles. The van der Waals surface area contributed by atoms with Crippen LogP contribution in [0.2, 0.25) is 0 Å². The first-order valence-corrected chi connectivity index (χ1v) is 8.88. The average Bonchev–Trinajstić information content (AvgIpc) is 2.69. The van der Waals surface area contributed by atoms with Crippen LogP contribution in [0, 0.1) is 11.1 Å². The number of hydrogen-bond acceptors (Lipinski definition) is 7. The molecule has 1 aromatic heterocycles. The molecule has 158 valence electrons. The summed E-state index contributed by atoms with van der Waals surface area (Å²) in [6.45, 7) is 3.75. The molecule has 0 saturated carbocycles. The maximum atomic E-state index is 12.6. The summed E-state index contributed by atoms with van der Waals surface area (Å²) in [7, 11) is 4.02. The van der Waals surface area contributed by atoms with Gasteiger partial charge in [-0.05, 0) is 23.6 Å². The normalized spacial score (nSPS) is 10.7. The van der Waals surface area contributed by atoms with E-state index in [4.69, 9.17) is 14.2 Å². The van der Waals surface area contributed by atoms with Crippen LogP contribution < -0.4 is 29.8 Å². The highest BCUT2D eigenvalue weighted by molar-refractivity contribution is 5.93. The molecule has 0 aliphatic rings. The van der Waals surface area contributed by atoms with Gasteiger partial charge in [-0.25, -0.2) is 0 Å². The fraction of sp³-hybridized carbons (Fsp3) is 0.421. The number of nitrogens with one attached hydrogen (secondary N) is 2. The number of benzene rings is 1. The number of hydrogen-bond donors (Lipinski definition) is 3. The average molecular weight is 407 g/mol. The first-order valence-electron chi connectivity index (χ1n) is 8.88. The molecule has 0 bridgehead atoms. The molecular weight excluding hydrogens is 382 g/mol. The Morgan fingerprint density at radius 3 is 2.28 bits per heavy atom. The number of phenolic OH excluding ortho intramolecular Hbond substituents is 1. The van der Waals surface area contributed by atoms with Crippen molar-refractivity contribution in [3.63, 3.8) is 0 Å². The molecule has 29 heavy (non-hydrogen) atoms. The fourth-order valence-electron chi connectivity index (χ4n) is 2.78. The van der Waals surface area contributed by atoms with Crippen LogP contribution in [-0.4, -0.2) is 37.3 Å². The molecule has 10 heteroatoms. The molecule has 2 rings (SSSR count). The predicted octanol–water partition coefficient (Wildman–Crippen LogP) is 0.868. The van der Waals surface area contributed by atoms with Crippen LogP contribution in [0.15, 0.2) is 16.9 Å². The van der Waals surface area contributed by atoms with Crippen molar-refractivity contribution in [2.75, 3.05) is 21.3 Å². The number of carbonyl (C=O) groups is 1. The van der Waals surface area contributed by atoms with E-state index in [0.29, 0.717) is 10.3 Å². The highest BCUT2D eigenvalue weighted by atomic mass is 16.5. The summed E-state index contributed by atoms with van der Waals surface area (Å²) in [6, 6.07) is 3.05. The number of ether oxygens (including phenoxy) is 3. The van der Waals surface area contributed by atoms with E-state index in [9.17, 15) is 19.9 Å². The topological polar surface area (TPSA) is 137 Å². The number of aromatic nitrogens is 2. The highest BCUT2D eigenvalue weighted by Gasteiger charge is 2.27. The Labute approximate surface area is 167 Å². The number of carbonyl (C=O) groups excluding carboxylic acids is 1. The summed E-state index contributed by atoms with van der Waals surface area (Å²) < 4.78 is 15.6. The number of phenols is 1. The van der Waals surface area contributed by atoms with Crippen molar-refractivity contribution in [1.29, 1.82) is 0 Å². The molecular formula is C19H25N3O7. The van der Waals surface area contributed by atoms with Crippen molar-refractivity contribution in [2.24, 2.45) is 5.92 Å². The lowest BCUT2D eigenvalue weighted by Crippen LogP contribution is -2.44. The number of nitrogens with zero attached hydrogens (tertiary/aromatic N) is 1. The molecule has 0 spiro atoms. The molecule has 2 aromatic rings.